The molecule has 1 nitrogen and oxygen atoms in total. The summed E-state index contributed by atoms with van der Waals surface area (Å²) < 4.78 is 5.94. The van der Waals surface area contributed by atoms with Gasteiger partial charge in [-0.05, 0) is 45.1 Å². The highest BCUT2D eigenvalue weighted by Crippen LogP contribution is 2.49. The maximum absolute atomic E-state index is 5.94. The predicted molar refractivity (Wildman–Crippen MR) is 45.5 cm³/mol. The number of ether oxygens (including phenoxy) is 1. The topological polar surface area (TPSA) is 9.23 Å². The highest BCUT2D eigenvalue weighted by atomic mass is 16.5. The third kappa shape index (κ3) is 1.34. The van der Waals surface area contributed by atoms with E-state index in [9.17, 15) is 0 Å². The predicted octanol–water partition coefficient (Wildman–Crippen LogP) is 2.66. The van der Waals surface area contributed by atoms with Crippen molar-refractivity contribution in [1.29, 1.82) is 0 Å². The van der Waals surface area contributed by atoms with Gasteiger partial charge in [-0.2, -0.15) is 0 Å². The summed E-state index contributed by atoms with van der Waals surface area (Å²) in [6.07, 6.45) is 7.87. The third-order valence-corrected chi connectivity index (χ3v) is 2.77. The minimum Gasteiger partial charge on any atom is -0.367 e. The van der Waals surface area contributed by atoms with E-state index in [2.05, 4.69) is 19.9 Å². The maximum Gasteiger partial charge on any atom is 0.0894 e. The van der Waals surface area contributed by atoms with Gasteiger partial charge in [0.05, 0.1) is 11.7 Å². The molecular weight excluding hydrogens is 136 g/mol. The van der Waals surface area contributed by atoms with E-state index in [0.29, 0.717) is 6.10 Å². The van der Waals surface area contributed by atoms with E-state index >= 15 is 0 Å². The summed E-state index contributed by atoms with van der Waals surface area (Å²) in [6.45, 7) is 4.29. The lowest BCUT2D eigenvalue weighted by molar-refractivity contribution is 0.0449. The molecule has 2 rings (SSSR count). The van der Waals surface area contributed by atoms with Gasteiger partial charge in [0, 0.05) is 0 Å². The van der Waals surface area contributed by atoms with Gasteiger partial charge in [0.2, 0.25) is 0 Å². The van der Waals surface area contributed by atoms with Crippen molar-refractivity contribution in [2.45, 2.75) is 51.2 Å². The second kappa shape index (κ2) is 2.34. The highest BCUT2D eigenvalue weighted by molar-refractivity contribution is 5.23. The van der Waals surface area contributed by atoms with Crippen LogP contribution < -0.4 is 0 Å². The van der Waals surface area contributed by atoms with E-state index in [0.717, 1.165) is 0 Å². The lowest BCUT2D eigenvalue weighted by atomic mass is 10.1. The summed E-state index contributed by atoms with van der Waals surface area (Å²) >= 11 is 0. The fourth-order valence-electron chi connectivity index (χ4n) is 1.49. The van der Waals surface area contributed by atoms with Crippen LogP contribution in [-0.4, -0.2) is 11.7 Å². The van der Waals surface area contributed by atoms with Gasteiger partial charge in [-0.3, -0.25) is 0 Å². The highest BCUT2D eigenvalue weighted by Gasteiger charge is 2.48. The van der Waals surface area contributed by atoms with Crippen molar-refractivity contribution in [2.24, 2.45) is 0 Å². The quantitative estimate of drug-likeness (QED) is 0.565. The largest absolute Gasteiger partial charge is 0.367 e. The molecule has 2 fully saturated rings. The molecule has 0 spiro atoms. The van der Waals surface area contributed by atoms with Crippen LogP contribution in [0.4, 0.5) is 0 Å². The Bertz CT molecular complexity index is 185. The van der Waals surface area contributed by atoms with Gasteiger partial charge in [-0.25, -0.2) is 0 Å². The van der Waals surface area contributed by atoms with Crippen LogP contribution in [-0.2, 0) is 4.74 Å². The first kappa shape index (κ1) is 7.35. The maximum atomic E-state index is 5.94. The first-order valence-electron chi connectivity index (χ1n) is 4.58. The van der Waals surface area contributed by atoms with Gasteiger partial charge in [0.25, 0.3) is 0 Å². The Kier molecular flexibility index (Phi) is 1.57. The summed E-state index contributed by atoms with van der Waals surface area (Å²) in [5.41, 5.74) is 1.64. The van der Waals surface area contributed by atoms with Crippen molar-refractivity contribution in [2.75, 3.05) is 0 Å². The molecule has 0 atom stereocenters. The molecule has 0 unspecified atom stereocenters. The Labute approximate surface area is 68.4 Å². The van der Waals surface area contributed by atoms with E-state index in [1.165, 1.54) is 31.3 Å². The summed E-state index contributed by atoms with van der Waals surface area (Å²) in [4.78, 5) is 0. The van der Waals surface area contributed by atoms with Gasteiger partial charge in [-0.15, -0.1) is 0 Å². The number of allylic oxidation sites excluding steroid dienone is 1. The monoisotopic (exact) mass is 152 g/mol. The summed E-state index contributed by atoms with van der Waals surface area (Å²) in [5, 5.41) is 0. The van der Waals surface area contributed by atoms with Crippen molar-refractivity contribution < 1.29 is 4.74 Å². The van der Waals surface area contributed by atoms with E-state index in [-0.39, 0.29) is 5.60 Å². The van der Waals surface area contributed by atoms with Gasteiger partial charge in [0.15, 0.2) is 0 Å². The summed E-state index contributed by atoms with van der Waals surface area (Å²) in [7, 11) is 0. The van der Waals surface area contributed by atoms with Crippen molar-refractivity contribution >= 4 is 0 Å². The van der Waals surface area contributed by atoms with E-state index in [1.54, 1.807) is 0 Å². The van der Waals surface area contributed by atoms with E-state index in [4.69, 9.17) is 4.74 Å². The molecular formula is C10H16O. The second-order valence-corrected chi connectivity index (χ2v) is 3.78. The van der Waals surface area contributed by atoms with Gasteiger partial charge in [-0.1, -0.05) is 6.08 Å². The van der Waals surface area contributed by atoms with Gasteiger partial charge in [0.1, 0.15) is 0 Å². The molecule has 0 N–H and O–H groups in total. The number of hydrogen-bond acceptors (Lipinski definition) is 1. The molecule has 0 aliphatic heterocycles. The molecule has 1 heteroatoms. The average molecular weight is 152 g/mol. The molecule has 11 heavy (non-hydrogen) atoms. The minimum absolute atomic E-state index is 0.204. The first-order chi connectivity index (χ1) is 5.27. The van der Waals surface area contributed by atoms with Gasteiger partial charge >= 0.3 is 0 Å². The Balaban J connectivity index is 1.97. The molecule has 0 aromatic heterocycles. The summed E-state index contributed by atoms with van der Waals surface area (Å²) in [6, 6.07) is 0. The molecule has 2 aliphatic carbocycles. The molecule has 0 aromatic rings. The van der Waals surface area contributed by atoms with E-state index in [1.807, 2.05) is 0 Å². The van der Waals surface area contributed by atoms with Crippen LogP contribution in [0.25, 0.3) is 0 Å². The average Bonchev–Trinajstić information content (AvgIpc) is 2.85. The van der Waals surface area contributed by atoms with Crippen molar-refractivity contribution in [3.63, 3.8) is 0 Å². The zero-order valence-corrected chi connectivity index (χ0v) is 7.39. The van der Waals surface area contributed by atoms with Crippen LogP contribution in [0.15, 0.2) is 11.6 Å². The van der Waals surface area contributed by atoms with Gasteiger partial charge < -0.3 is 4.74 Å². The Hall–Kier alpha value is -0.300. The molecule has 2 saturated carbocycles. The fraction of sp³-hybridized carbons (Fsp3) is 0.800. The van der Waals surface area contributed by atoms with Crippen molar-refractivity contribution in [3.8, 4) is 0 Å². The van der Waals surface area contributed by atoms with Crippen LogP contribution in [0.1, 0.15) is 39.5 Å². The molecule has 0 radical (unpaired) electrons. The van der Waals surface area contributed by atoms with Crippen LogP contribution in [0.3, 0.4) is 0 Å². The zero-order chi connectivity index (χ0) is 7.90. The first-order valence-corrected chi connectivity index (χ1v) is 4.58. The Morgan fingerprint density at radius 1 is 1.45 bits per heavy atom. The summed E-state index contributed by atoms with van der Waals surface area (Å²) in [5.74, 6) is 0. The standard InChI is InChI=1S/C10H16O/c1-3-8(2)10(6-7-10)11-9-4-5-9/h3,9H,4-7H2,1-2H3. The normalized spacial score (nSPS) is 28.7. The lowest BCUT2D eigenvalue weighted by Crippen LogP contribution is -2.16. The number of hydrogen-bond donors (Lipinski definition) is 0. The molecule has 0 saturated heterocycles. The van der Waals surface area contributed by atoms with Crippen LogP contribution in [0.5, 0.6) is 0 Å². The molecule has 2 aliphatic rings. The SMILES string of the molecule is CC=C(C)C1(OC2CC2)CC1. The van der Waals surface area contributed by atoms with Crippen molar-refractivity contribution in [3.05, 3.63) is 11.6 Å². The second-order valence-electron chi connectivity index (χ2n) is 3.78. The zero-order valence-electron chi connectivity index (χ0n) is 7.39. The Morgan fingerprint density at radius 3 is 2.45 bits per heavy atom. The van der Waals surface area contributed by atoms with Crippen LogP contribution >= 0.6 is 0 Å². The lowest BCUT2D eigenvalue weighted by Gasteiger charge is -2.16. The Morgan fingerprint density at radius 2 is 2.09 bits per heavy atom. The van der Waals surface area contributed by atoms with Crippen molar-refractivity contribution in [1.82, 2.24) is 0 Å². The molecule has 0 heterocycles. The minimum atomic E-state index is 0.204. The van der Waals surface area contributed by atoms with E-state index < -0.39 is 0 Å². The molecule has 0 amide bonds. The molecule has 0 aromatic carbocycles. The smallest absolute Gasteiger partial charge is 0.0894 e. The third-order valence-electron chi connectivity index (χ3n) is 2.77. The molecule has 62 valence electrons. The fourth-order valence-corrected chi connectivity index (χ4v) is 1.49. The van der Waals surface area contributed by atoms with Crippen LogP contribution in [0, 0.1) is 0 Å². The molecule has 0 bridgehead atoms. The number of rotatable bonds is 3. The van der Waals surface area contributed by atoms with Crippen LogP contribution in [0.2, 0.25) is 0 Å².